The predicted octanol–water partition coefficient (Wildman–Crippen LogP) is 5.08. The second kappa shape index (κ2) is 7.65. The fourth-order valence-electron chi connectivity index (χ4n) is 2.12. The van der Waals surface area contributed by atoms with Gasteiger partial charge in [0.15, 0.2) is 0 Å². The van der Waals surface area contributed by atoms with E-state index in [1.165, 1.54) is 12.1 Å². The molecule has 1 amide bonds. The van der Waals surface area contributed by atoms with Crippen molar-refractivity contribution in [2.24, 2.45) is 0 Å². The first-order valence-electron chi connectivity index (χ1n) is 7.76. The van der Waals surface area contributed by atoms with Crippen molar-refractivity contribution in [3.8, 4) is 11.1 Å². The molecule has 0 aliphatic carbocycles. The molecule has 0 radical (unpaired) electrons. The molecule has 0 fully saturated rings. The normalized spacial score (nSPS) is 11.1. The Morgan fingerprint density at radius 1 is 1.28 bits per heavy atom. The molecule has 1 N–H and O–H groups in total. The minimum atomic E-state index is -0.675. The number of carbonyl (C=O) groups excluding carboxylic acids is 2. The van der Waals surface area contributed by atoms with Crippen LogP contribution >= 0.6 is 11.3 Å². The van der Waals surface area contributed by atoms with E-state index in [0.29, 0.717) is 16.1 Å². The van der Waals surface area contributed by atoms with Crippen LogP contribution < -0.4 is 5.32 Å². The largest absolute Gasteiger partial charge is 0.462 e. The third-order valence-electron chi connectivity index (χ3n) is 3.02. The number of thiophene rings is 1. The number of carbonyl (C=O) groups is 2. The lowest BCUT2D eigenvalue weighted by molar-refractivity contribution is 0.0529. The lowest BCUT2D eigenvalue weighted by Crippen LogP contribution is -2.27. The van der Waals surface area contributed by atoms with Crippen molar-refractivity contribution in [2.75, 3.05) is 11.9 Å². The minimum Gasteiger partial charge on any atom is -0.462 e. The second-order valence-electron chi connectivity index (χ2n) is 6.21. The Morgan fingerprint density at radius 3 is 2.60 bits per heavy atom. The van der Waals surface area contributed by atoms with E-state index in [-0.39, 0.29) is 12.2 Å². The van der Waals surface area contributed by atoms with Gasteiger partial charge in [0.25, 0.3) is 0 Å². The van der Waals surface area contributed by atoms with E-state index in [9.17, 15) is 14.0 Å². The van der Waals surface area contributed by atoms with Gasteiger partial charge in [-0.15, -0.1) is 11.3 Å². The van der Waals surface area contributed by atoms with Gasteiger partial charge in [0, 0.05) is 10.9 Å². The molecule has 134 valence electrons. The van der Waals surface area contributed by atoms with Crippen LogP contribution in [0.3, 0.4) is 0 Å². The molecular formula is C18H20FNO4S. The number of halogens is 1. The number of rotatable bonds is 4. The molecule has 25 heavy (non-hydrogen) atoms. The molecule has 7 heteroatoms. The van der Waals surface area contributed by atoms with Crippen molar-refractivity contribution in [3.05, 3.63) is 41.0 Å². The zero-order valence-electron chi connectivity index (χ0n) is 14.5. The van der Waals surface area contributed by atoms with Gasteiger partial charge in [0.2, 0.25) is 0 Å². The van der Waals surface area contributed by atoms with Gasteiger partial charge in [-0.1, -0.05) is 12.1 Å². The van der Waals surface area contributed by atoms with E-state index in [2.05, 4.69) is 5.32 Å². The molecule has 1 aromatic carbocycles. The fourth-order valence-corrected chi connectivity index (χ4v) is 3.06. The molecule has 2 rings (SSSR count). The molecule has 1 heterocycles. The number of amides is 1. The number of hydrogen-bond donors (Lipinski definition) is 1. The molecule has 0 spiro atoms. The van der Waals surface area contributed by atoms with Crippen molar-refractivity contribution >= 4 is 28.4 Å². The van der Waals surface area contributed by atoms with Gasteiger partial charge in [-0.2, -0.15) is 0 Å². The standard InChI is InChI=1S/C18H20FNO4S/c1-5-23-16(21)14-13(11-7-6-8-12(19)9-11)10-25-15(14)20-17(22)24-18(2,3)4/h6-10H,5H2,1-4H3,(H,20,22). The summed E-state index contributed by atoms with van der Waals surface area (Å²) in [6.45, 7) is 7.10. The molecule has 0 saturated carbocycles. The van der Waals surface area contributed by atoms with Gasteiger partial charge in [0.1, 0.15) is 22.0 Å². The van der Waals surface area contributed by atoms with Gasteiger partial charge in [-0.05, 0) is 45.4 Å². The number of benzene rings is 1. The summed E-state index contributed by atoms with van der Waals surface area (Å²) in [4.78, 5) is 24.4. The lowest BCUT2D eigenvalue weighted by Gasteiger charge is -2.19. The van der Waals surface area contributed by atoms with Crippen LogP contribution in [0.2, 0.25) is 0 Å². The van der Waals surface area contributed by atoms with Crippen LogP contribution in [0.5, 0.6) is 0 Å². The highest BCUT2D eigenvalue weighted by molar-refractivity contribution is 7.15. The predicted molar refractivity (Wildman–Crippen MR) is 95.5 cm³/mol. The zero-order chi connectivity index (χ0) is 18.6. The minimum absolute atomic E-state index is 0.184. The number of anilines is 1. The summed E-state index contributed by atoms with van der Waals surface area (Å²) in [6.07, 6.45) is -0.675. The average Bonchev–Trinajstić information content (AvgIpc) is 2.89. The SMILES string of the molecule is CCOC(=O)c1c(-c2cccc(F)c2)csc1NC(=O)OC(C)(C)C. The maximum Gasteiger partial charge on any atom is 0.412 e. The third kappa shape index (κ3) is 5.03. The van der Waals surface area contributed by atoms with E-state index >= 15 is 0 Å². The monoisotopic (exact) mass is 365 g/mol. The van der Waals surface area contributed by atoms with Gasteiger partial charge >= 0.3 is 12.1 Å². The molecule has 0 saturated heterocycles. The van der Waals surface area contributed by atoms with Crippen molar-refractivity contribution < 1.29 is 23.5 Å². The maximum atomic E-state index is 13.5. The van der Waals surface area contributed by atoms with E-state index in [1.807, 2.05) is 0 Å². The first kappa shape index (κ1) is 18.9. The van der Waals surface area contributed by atoms with Crippen LogP contribution in [0.1, 0.15) is 38.1 Å². The molecule has 0 bridgehead atoms. The van der Waals surface area contributed by atoms with Gasteiger partial charge in [-0.3, -0.25) is 5.32 Å². The summed E-state index contributed by atoms with van der Waals surface area (Å²) in [6, 6.07) is 5.88. The Kier molecular flexibility index (Phi) is 5.79. The highest BCUT2D eigenvalue weighted by atomic mass is 32.1. The van der Waals surface area contributed by atoms with Crippen molar-refractivity contribution in [2.45, 2.75) is 33.3 Å². The van der Waals surface area contributed by atoms with Crippen LogP contribution in [0.25, 0.3) is 11.1 Å². The molecule has 1 aromatic heterocycles. The molecule has 0 atom stereocenters. The Hall–Kier alpha value is -2.41. The van der Waals surface area contributed by atoms with E-state index in [0.717, 1.165) is 11.3 Å². The summed E-state index contributed by atoms with van der Waals surface area (Å²) in [5, 5.41) is 4.55. The fraction of sp³-hybridized carbons (Fsp3) is 0.333. The number of esters is 1. The molecule has 0 unspecified atom stereocenters. The third-order valence-corrected chi connectivity index (χ3v) is 3.92. The van der Waals surface area contributed by atoms with Gasteiger partial charge in [-0.25, -0.2) is 14.0 Å². The number of nitrogens with one attached hydrogen (secondary N) is 1. The van der Waals surface area contributed by atoms with Crippen LogP contribution in [0.15, 0.2) is 29.6 Å². The average molecular weight is 365 g/mol. The Bertz CT molecular complexity index is 780. The zero-order valence-corrected chi connectivity index (χ0v) is 15.3. The Labute approximate surface area is 149 Å². The van der Waals surface area contributed by atoms with E-state index in [4.69, 9.17) is 9.47 Å². The first-order chi connectivity index (χ1) is 11.7. The molecule has 5 nitrogen and oxygen atoms in total. The van der Waals surface area contributed by atoms with Crippen LogP contribution in [0, 0.1) is 5.82 Å². The Morgan fingerprint density at radius 2 is 2.00 bits per heavy atom. The Balaban J connectivity index is 2.40. The van der Waals surface area contributed by atoms with E-state index in [1.54, 1.807) is 45.2 Å². The quantitative estimate of drug-likeness (QED) is 0.768. The summed E-state index contributed by atoms with van der Waals surface area (Å²) >= 11 is 1.15. The number of hydrogen-bond acceptors (Lipinski definition) is 5. The van der Waals surface area contributed by atoms with Crippen LogP contribution in [-0.2, 0) is 9.47 Å². The van der Waals surface area contributed by atoms with Crippen LogP contribution in [-0.4, -0.2) is 24.3 Å². The molecular weight excluding hydrogens is 345 g/mol. The smallest absolute Gasteiger partial charge is 0.412 e. The summed E-state index contributed by atoms with van der Waals surface area (Å²) in [5.41, 5.74) is 0.533. The van der Waals surface area contributed by atoms with Crippen molar-refractivity contribution in [1.29, 1.82) is 0 Å². The molecule has 0 aliphatic rings. The maximum absolute atomic E-state index is 13.5. The van der Waals surface area contributed by atoms with E-state index < -0.39 is 23.5 Å². The summed E-state index contributed by atoms with van der Waals surface area (Å²) in [5.74, 6) is -1.01. The van der Waals surface area contributed by atoms with Gasteiger partial charge in [0.05, 0.1) is 6.61 Å². The highest BCUT2D eigenvalue weighted by Crippen LogP contribution is 2.36. The summed E-state index contributed by atoms with van der Waals surface area (Å²) in [7, 11) is 0. The summed E-state index contributed by atoms with van der Waals surface area (Å²) < 4.78 is 23.8. The number of ether oxygens (including phenoxy) is 2. The first-order valence-corrected chi connectivity index (χ1v) is 8.63. The lowest BCUT2D eigenvalue weighted by atomic mass is 10.0. The topological polar surface area (TPSA) is 64.6 Å². The van der Waals surface area contributed by atoms with Gasteiger partial charge < -0.3 is 9.47 Å². The van der Waals surface area contributed by atoms with Crippen molar-refractivity contribution in [3.63, 3.8) is 0 Å². The highest BCUT2D eigenvalue weighted by Gasteiger charge is 2.24. The molecule has 2 aromatic rings. The second-order valence-corrected chi connectivity index (χ2v) is 7.09. The van der Waals surface area contributed by atoms with Crippen molar-refractivity contribution in [1.82, 2.24) is 0 Å². The molecule has 0 aliphatic heterocycles. The van der Waals surface area contributed by atoms with Crippen LogP contribution in [0.4, 0.5) is 14.2 Å².